The standard InChI is InChI=1S/C19H21F3N4O2/c1-12-18(24-7-6-23-12)26-8-5-16(27)15(11-26)25-17(28)10-13-3-2-4-14(9-13)19(20,21)22/h2-4,6-7,9,15-16,27H,5,8,10-11H2,1H3,(H,25,28)/t15-,16-/m1/s1. The van der Waals surface area contributed by atoms with Gasteiger partial charge in [0.25, 0.3) is 0 Å². The van der Waals surface area contributed by atoms with Gasteiger partial charge in [-0.1, -0.05) is 18.2 Å². The molecule has 1 aliphatic rings. The van der Waals surface area contributed by atoms with E-state index in [1.165, 1.54) is 12.1 Å². The van der Waals surface area contributed by atoms with E-state index < -0.39 is 29.8 Å². The normalized spacial score (nSPS) is 20.1. The molecule has 1 aromatic heterocycles. The molecule has 2 atom stereocenters. The van der Waals surface area contributed by atoms with Crippen molar-refractivity contribution in [2.24, 2.45) is 0 Å². The van der Waals surface area contributed by atoms with Gasteiger partial charge in [-0.05, 0) is 25.0 Å². The number of benzene rings is 1. The zero-order valence-corrected chi connectivity index (χ0v) is 15.3. The number of hydrogen-bond donors (Lipinski definition) is 2. The first-order valence-corrected chi connectivity index (χ1v) is 8.90. The zero-order valence-electron chi connectivity index (χ0n) is 15.3. The molecule has 1 aliphatic heterocycles. The van der Waals surface area contributed by atoms with Gasteiger partial charge in [0.2, 0.25) is 5.91 Å². The number of aliphatic hydroxyl groups excluding tert-OH is 1. The van der Waals surface area contributed by atoms with E-state index in [9.17, 15) is 23.1 Å². The number of aromatic nitrogens is 2. The average Bonchev–Trinajstić information content (AvgIpc) is 2.63. The fourth-order valence-electron chi connectivity index (χ4n) is 3.29. The monoisotopic (exact) mass is 394 g/mol. The van der Waals surface area contributed by atoms with Crippen LogP contribution in [0, 0.1) is 6.92 Å². The predicted molar refractivity (Wildman–Crippen MR) is 96.7 cm³/mol. The lowest BCUT2D eigenvalue weighted by molar-refractivity contribution is -0.137. The minimum Gasteiger partial charge on any atom is -0.391 e. The Labute approximate surface area is 160 Å². The Morgan fingerprint density at radius 1 is 1.32 bits per heavy atom. The average molecular weight is 394 g/mol. The van der Waals surface area contributed by atoms with Gasteiger partial charge in [-0.2, -0.15) is 13.2 Å². The van der Waals surface area contributed by atoms with Crippen LogP contribution in [0.25, 0.3) is 0 Å². The first kappa shape index (κ1) is 20.1. The van der Waals surface area contributed by atoms with Gasteiger partial charge in [-0.15, -0.1) is 0 Å². The maximum absolute atomic E-state index is 12.8. The number of rotatable bonds is 4. The van der Waals surface area contributed by atoms with Gasteiger partial charge in [-0.3, -0.25) is 9.78 Å². The van der Waals surface area contributed by atoms with Gasteiger partial charge in [0.05, 0.1) is 29.8 Å². The highest BCUT2D eigenvalue weighted by atomic mass is 19.4. The molecule has 1 aromatic carbocycles. The van der Waals surface area contributed by atoms with Crippen molar-refractivity contribution in [2.45, 2.75) is 38.1 Å². The Morgan fingerprint density at radius 2 is 2.07 bits per heavy atom. The number of hydrogen-bond acceptors (Lipinski definition) is 5. The molecule has 1 saturated heterocycles. The summed E-state index contributed by atoms with van der Waals surface area (Å²) < 4.78 is 38.4. The van der Waals surface area contributed by atoms with Gasteiger partial charge in [0.1, 0.15) is 5.82 Å². The fraction of sp³-hybridized carbons (Fsp3) is 0.421. The molecule has 2 heterocycles. The van der Waals surface area contributed by atoms with Gasteiger partial charge in [0.15, 0.2) is 0 Å². The number of alkyl halides is 3. The minimum absolute atomic E-state index is 0.197. The quantitative estimate of drug-likeness (QED) is 0.831. The van der Waals surface area contributed by atoms with Crippen LogP contribution >= 0.6 is 0 Å². The second-order valence-corrected chi connectivity index (χ2v) is 6.82. The zero-order chi connectivity index (χ0) is 20.3. The van der Waals surface area contributed by atoms with Gasteiger partial charge in [0, 0.05) is 25.5 Å². The van der Waals surface area contributed by atoms with E-state index in [1.54, 1.807) is 12.4 Å². The second kappa shape index (κ2) is 8.14. The summed E-state index contributed by atoms with van der Waals surface area (Å²) in [5.74, 6) is 0.243. The summed E-state index contributed by atoms with van der Waals surface area (Å²) >= 11 is 0. The summed E-state index contributed by atoms with van der Waals surface area (Å²) in [5.41, 5.74) is 0.215. The van der Waals surface area contributed by atoms with E-state index in [2.05, 4.69) is 15.3 Å². The number of amides is 1. The molecule has 3 rings (SSSR count). The Bertz CT molecular complexity index is 844. The number of piperidine rings is 1. The summed E-state index contributed by atoms with van der Waals surface area (Å²) in [7, 11) is 0. The largest absolute Gasteiger partial charge is 0.416 e. The van der Waals surface area contributed by atoms with Crippen LogP contribution in [-0.2, 0) is 17.4 Å². The lowest BCUT2D eigenvalue weighted by Gasteiger charge is -2.37. The molecule has 0 aliphatic carbocycles. The van der Waals surface area contributed by atoms with Crippen molar-refractivity contribution in [3.8, 4) is 0 Å². The molecule has 0 saturated carbocycles. The minimum atomic E-state index is -4.46. The van der Waals surface area contributed by atoms with Crippen LogP contribution in [0.2, 0.25) is 0 Å². The van der Waals surface area contributed by atoms with Crippen molar-refractivity contribution in [3.05, 3.63) is 53.5 Å². The predicted octanol–water partition coefficient (Wildman–Crippen LogP) is 2.10. The summed E-state index contributed by atoms with van der Waals surface area (Å²) in [6.45, 7) is 2.74. The van der Waals surface area contributed by atoms with Crippen LogP contribution in [0.3, 0.4) is 0 Å². The van der Waals surface area contributed by atoms with Crippen molar-refractivity contribution in [1.29, 1.82) is 0 Å². The van der Waals surface area contributed by atoms with Crippen LogP contribution in [0.15, 0.2) is 36.7 Å². The molecule has 0 bridgehead atoms. The molecule has 150 valence electrons. The fourth-order valence-corrected chi connectivity index (χ4v) is 3.29. The summed E-state index contributed by atoms with van der Waals surface area (Å²) in [4.78, 5) is 22.8. The number of halogens is 3. The molecule has 9 heteroatoms. The summed E-state index contributed by atoms with van der Waals surface area (Å²) in [5, 5.41) is 13.0. The third kappa shape index (κ3) is 4.78. The van der Waals surface area contributed by atoms with Crippen LogP contribution < -0.4 is 10.2 Å². The summed E-state index contributed by atoms with van der Waals surface area (Å²) in [6, 6.07) is 4.13. The number of carbonyl (C=O) groups is 1. The molecule has 2 aromatic rings. The smallest absolute Gasteiger partial charge is 0.391 e. The van der Waals surface area contributed by atoms with Crippen molar-refractivity contribution in [2.75, 3.05) is 18.0 Å². The molecular weight excluding hydrogens is 373 g/mol. The molecule has 1 fully saturated rings. The van der Waals surface area contributed by atoms with Gasteiger partial charge < -0.3 is 15.3 Å². The third-order valence-corrected chi connectivity index (χ3v) is 4.70. The Balaban J connectivity index is 1.65. The van der Waals surface area contributed by atoms with Crippen molar-refractivity contribution in [3.63, 3.8) is 0 Å². The Kier molecular flexibility index (Phi) is 5.83. The molecule has 2 N–H and O–H groups in total. The van der Waals surface area contributed by atoms with Crippen LogP contribution in [-0.4, -0.2) is 46.2 Å². The highest BCUT2D eigenvalue weighted by Gasteiger charge is 2.32. The van der Waals surface area contributed by atoms with E-state index in [-0.39, 0.29) is 12.0 Å². The Morgan fingerprint density at radius 3 is 2.79 bits per heavy atom. The maximum atomic E-state index is 12.8. The number of anilines is 1. The van der Waals surface area contributed by atoms with Crippen molar-refractivity contribution >= 4 is 11.7 Å². The number of nitrogens with zero attached hydrogens (tertiary/aromatic N) is 3. The van der Waals surface area contributed by atoms with E-state index in [0.29, 0.717) is 25.3 Å². The van der Waals surface area contributed by atoms with E-state index in [1.807, 2.05) is 11.8 Å². The molecule has 0 spiro atoms. The molecule has 0 radical (unpaired) electrons. The second-order valence-electron chi connectivity index (χ2n) is 6.82. The van der Waals surface area contributed by atoms with Crippen LogP contribution in [0.5, 0.6) is 0 Å². The molecule has 28 heavy (non-hydrogen) atoms. The lowest BCUT2D eigenvalue weighted by Crippen LogP contribution is -2.55. The molecule has 6 nitrogen and oxygen atoms in total. The highest BCUT2D eigenvalue weighted by molar-refractivity contribution is 5.79. The van der Waals surface area contributed by atoms with Gasteiger partial charge in [-0.25, -0.2) is 4.98 Å². The van der Waals surface area contributed by atoms with E-state index >= 15 is 0 Å². The van der Waals surface area contributed by atoms with E-state index in [0.717, 1.165) is 17.8 Å². The van der Waals surface area contributed by atoms with Crippen LogP contribution in [0.1, 0.15) is 23.2 Å². The molecular formula is C19H21F3N4O2. The first-order valence-electron chi connectivity index (χ1n) is 8.90. The number of aliphatic hydroxyl groups is 1. The van der Waals surface area contributed by atoms with Crippen molar-refractivity contribution in [1.82, 2.24) is 15.3 Å². The van der Waals surface area contributed by atoms with E-state index in [4.69, 9.17) is 0 Å². The highest BCUT2D eigenvalue weighted by Crippen LogP contribution is 2.29. The summed E-state index contributed by atoms with van der Waals surface area (Å²) in [6.07, 6.45) is -1.79. The SMILES string of the molecule is Cc1nccnc1N1CC[C@@H](O)[C@H](NC(=O)Cc2cccc(C(F)(F)F)c2)C1. The van der Waals surface area contributed by atoms with Gasteiger partial charge >= 0.3 is 6.18 Å². The first-order chi connectivity index (χ1) is 13.2. The number of aryl methyl sites for hydroxylation is 1. The Hall–Kier alpha value is -2.68. The third-order valence-electron chi connectivity index (χ3n) is 4.70. The number of nitrogens with one attached hydrogen (secondary N) is 1. The van der Waals surface area contributed by atoms with Crippen LogP contribution in [0.4, 0.5) is 19.0 Å². The van der Waals surface area contributed by atoms with Crippen molar-refractivity contribution < 1.29 is 23.1 Å². The number of carbonyl (C=O) groups excluding carboxylic acids is 1. The molecule has 1 amide bonds. The molecule has 0 unspecified atom stereocenters. The lowest BCUT2D eigenvalue weighted by atomic mass is 10.0. The maximum Gasteiger partial charge on any atom is 0.416 e. The topological polar surface area (TPSA) is 78.3 Å².